The first kappa shape index (κ1) is 58.8. The summed E-state index contributed by atoms with van der Waals surface area (Å²) in [6.45, 7) is -1.56. The molecule has 2 amide bonds. The average Bonchev–Trinajstić information content (AvgIpc) is 3.40. The number of aromatic nitrogens is 4. The van der Waals surface area contributed by atoms with Crippen molar-refractivity contribution in [3.05, 3.63) is 156 Å². The number of nitrogens with zero attached hydrogens (tertiary/aromatic N) is 6. The summed E-state index contributed by atoms with van der Waals surface area (Å²) in [4.78, 5) is 43.5. The number of para-hydroxylation sites is 1. The number of piperidine rings is 2. The first-order chi connectivity index (χ1) is 36.3. The van der Waals surface area contributed by atoms with Gasteiger partial charge in [-0.05, 0) is 73.2 Å². The molecule has 8 rings (SSSR count). The quantitative estimate of drug-likeness (QED) is 0.0390. The van der Waals surface area contributed by atoms with E-state index < -0.39 is 77.8 Å². The molecule has 2 saturated heterocycles. The standard InChI is InChI=1S/C24H21F4N3O2.C20H18F6N2O5S.C5H5BFNO2/c25-21-9-7-16(12-29-21)19-5-1-2-6-20(19)18-4-3-11-31(14-18)23(32)17-8-10-22(30-13-17)33-15-24(26,27)28;21-19(22,23)12-32-17-8-7-13(10-27-17)18(29)28-9-3-4-14(11-28)15-5-1-2-6-16(15)33-34(30,31)20(24,25)26;7-5-2-1-4(3-8-5)6(9)10/h1-2,5-10,12-13,18H,3-4,11,14-15H2;1-2,5-8,10,14H,3-4,9,11-12H2;1-3,9-10H. The van der Waals surface area contributed by atoms with Gasteiger partial charge in [-0.15, -0.1) is 0 Å². The maximum Gasteiger partial charge on any atom is 0.534 e. The molecule has 4 aromatic heterocycles. The van der Waals surface area contributed by atoms with Crippen LogP contribution in [0.2, 0.25) is 0 Å². The van der Waals surface area contributed by atoms with Gasteiger partial charge < -0.3 is 33.5 Å². The number of benzene rings is 2. The summed E-state index contributed by atoms with van der Waals surface area (Å²) in [6.07, 6.45) is -1.54. The van der Waals surface area contributed by atoms with Crippen molar-refractivity contribution in [2.75, 3.05) is 39.4 Å². The van der Waals surface area contributed by atoms with Crippen molar-refractivity contribution in [3.63, 3.8) is 0 Å². The van der Waals surface area contributed by atoms with Crippen LogP contribution in [-0.2, 0) is 10.1 Å². The largest absolute Gasteiger partial charge is 0.534 e. The highest BCUT2D eigenvalue weighted by molar-refractivity contribution is 7.88. The number of rotatable bonds is 12. The number of halogens is 11. The Balaban J connectivity index is 0.000000211. The van der Waals surface area contributed by atoms with E-state index in [0.717, 1.165) is 60.1 Å². The van der Waals surface area contributed by atoms with Crippen LogP contribution in [-0.4, -0.2) is 124 Å². The van der Waals surface area contributed by atoms with E-state index >= 15 is 0 Å². The van der Waals surface area contributed by atoms with Gasteiger partial charge >= 0.3 is 35.1 Å². The smallest absolute Gasteiger partial charge is 0.468 e. The van der Waals surface area contributed by atoms with E-state index in [1.54, 1.807) is 11.0 Å². The molecule has 2 aliphatic heterocycles. The van der Waals surface area contributed by atoms with Crippen molar-refractivity contribution in [2.45, 2.75) is 55.4 Å². The molecule has 6 heterocycles. The highest BCUT2D eigenvalue weighted by Gasteiger charge is 2.49. The first-order valence-electron chi connectivity index (χ1n) is 22.9. The Bertz CT molecular complexity index is 3020. The van der Waals surface area contributed by atoms with E-state index in [0.29, 0.717) is 32.5 Å². The minimum Gasteiger partial charge on any atom is -0.468 e. The van der Waals surface area contributed by atoms with Crippen molar-refractivity contribution in [2.24, 2.45) is 0 Å². The van der Waals surface area contributed by atoms with Gasteiger partial charge in [-0.1, -0.05) is 48.5 Å². The minimum absolute atomic E-state index is 0.0532. The van der Waals surface area contributed by atoms with Crippen LogP contribution in [0.15, 0.2) is 122 Å². The molecule has 0 aliphatic carbocycles. The second-order valence-electron chi connectivity index (χ2n) is 17.0. The highest BCUT2D eigenvalue weighted by atomic mass is 32.2. The van der Waals surface area contributed by atoms with E-state index in [2.05, 4.69) is 33.6 Å². The van der Waals surface area contributed by atoms with E-state index in [1.807, 2.05) is 24.3 Å². The van der Waals surface area contributed by atoms with Crippen molar-refractivity contribution in [3.8, 4) is 28.6 Å². The summed E-state index contributed by atoms with van der Waals surface area (Å²) in [7, 11) is -7.45. The number of carbonyl (C=O) groups excluding carboxylic acids is 2. The molecule has 77 heavy (non-hydrogen) atoms. The maximum atomic E-state index is 13.3. The van der Waals surface area contributed by atoms with Gasteiger partial charge in [-0.25, -0.2) is 19.9 Å². The fraction of sp³-hybridized carbons (Fsp3) is 0.306. The second-order valence-corrected chi connectivity index (χ2v) is 18.6. The molecule has 2 fully saturated rings. The average molecular weight is 1110 g/mol. The van der Waals surface area contributed by atoms with Crippen LogP contribution in [0, 0.1) is 11.9 Å². The van der Waals surface area contributed by atoms with Gasteiger partial charge in [-0.3, -0.25) is 9.59 Å². The number of hydrogen-bond acceptors (Lipinski definition) is 13. The predicted octanol–water partition coefficient (Wildman–Crippen LogP) is 8.42. The fourth-order valence-electron chi connectivity index (χ4n) is 7.94. The summed E-state index contributed by atoms with van der Waals surface area (Å²) in [5, 5.41) is 17.0. The molecular weight excluding hydrogens is 1070 g/mol. The van der Waals surface area contributed by atoms with Crippen LogP contribution in [0.5, 0.6) is 17.5 Å². The van der Waals surface area contributed by atoms with Crippen molar-refractivity contribution >= 4 is 34.5 Å². The Labute approximate surface area is 432 Å². The summed E-state index contributed by atoms with van der Waals surface area (Å²) in [5.41, 5.74) is -2.07. The zero-order valence-electron chi connectivity index (χ0n) is 39.9. The number of ether oxygens (including phenoxy) is 2. The van der Waals surface area contributed by atoms with Gasteiger partial charge in [0.05, 0.1) is 11.1 Å². The van der Waals surface area contributed by atoms with Crippen LogP contribution >= 0.6 is 0 Å². The third kappa shape index (κ3) is 17.3. The number of likely N-dealkylation sites (tertiary alicyclic amines) is 2. The molecule has 6 aromatic rings. The Morgan fingerprint density at radius 1 is 0.597 bits per heavy atom. The minimum atomic E-state index is -5.87. The molecule has 2 N–H and O–H groups in total. The highest BCUT2D eigenvalue weighted by Crippen LogP contribution is 2.38. The van der Waals surface area contributed by atoms with E-state index in [1.165, 1.54) is 65.8 Å². The maximum absolute atomic E-state index is 13.3. The monoisotopic (exact) mass is 1110 g/mol. The summed E-state index contributed by atoms with van der Waals surface area (Å²) >= 11 is 0. The molecule has 15 nitrogen and oxygen atoms in total. The third-order valence-corrected chi connectivity index (χ3v) is 12.4. The van der Waals surface area contributed by atoms with Gasteiger partial charge in [0.2, 0.25) is 23.7 Å². The van der Waals surface area contributed by atoms with Crippen molar-refractivity contribution in [1.29, 1.82) is 0 Å². The van der Waals surface area contributed by atoms with Gasteiger partial charge in [0, 0.05) is 91.5 Å². The Hall–Kier alpha value is -7.46. The molecule has 0 spiro atoms. The van der Waals surface area contributed by atoms with Crippen molar-refractivity contribution in [1.82, 2.24) is 29.7 Å². The summed E-state index contributed by atoms with van der Waals surface area (Å²) in [6, 6.07) is 23.5. The third-order valence-electron chi connectivity index (χ3n) is 11.5. The molecule has 28 heteroatoms. The van der Waals surface area contributed by atoms with Crippen LogP contribution in [0.4, 0.5) is 48.3 Å². The fourth-order valence-corrected chi connectivity index (χ4v) is 8.42. The molecule has 2 aromatic carbocycles. The van der Waals surface area contributed by atoms with Crippen LogP contribution < -0.4 is 19.1 Å². The lowest BCUT2D eigenvalue weighted by atomic mass is 9.82. The topological polar surface area (TPSA) is 194 Å². The normalized spacial score (nSPS) is 16.0. The van der Waals surface area contributed by atoms with Crippen LogP contribution in [0.25, 0.3) is 11.1 Å². The summed E-state index contributed by atoms with van der Waals surface area (Å²) in [5.74, 6) is -3.35. The lowest BCUT2D eigenvalue weighted by Gasteiger charge is -2.34. The van der Waals surface area contributed by atoms with Crippen molar-refractivity contribution < 1.29 is 90.0 Å². The molecule has 0 saturated carbocycles. The van der Waals surface area contributed by atoms with Gasteiger partial charge in [0.15, 0.2) is 13.2 Å². The molecular formula is C49H44BF11N6O9S. The number of hydrogen-bond donors (Lipinski definition) is 2. The second kappa shape index (κ2) is 25.6. The van der Waals surface area contributed by atoms with E-state index in [9.17, 15) is 66.3 Å². The molecule has 0 bridgehead atoms. The molecule has 2 unspecified atom stereocenters. The lowest BCUT2D eigenvalue weighted by molar-refractivity contribution is -0.154. The molecule has 0 radical (unpaired) electrons. The Morgan fingerprint density at radius 2 is 1.08 bits per heavy atom. The Kier molecular flexibility index (Phi) is 19.5. The Morgan fingerprint density at radius 3 is 1.52 bits per heavy atom. The molecule has 410 valence electrons. The zero-order valence-corrected chi connectivity index (χ0v) is 40.7. The number of carbonyl (C=O) groups is 2. The predicted molar refractivity (Wildman–Crippen MR) is 253 cm³/mol. The van der Waals surface area contributed by atoms with Crippen LogP contribution in [0.1, 0.15) is 69.4 Å². The van der Waals surface area contributed by atoms with Gasteiger partial charge in [0.25, 0.3) is 11.8 Å². The van der Waals surface area contributed by atoms with Crippen LogP contribution in [0.3, 0.4) is 0 Å². The first-order valence-corrected chi connectivity index (χ1v) is 24.4. The number of alkyl halides is 9. The SMILES string of the molecule is O=C(c1ccc(OCC(F)(F)F)nc1)N1CCCC(c2ccccc2-c2ccc(F)nc2)C1.O=C(c1ccc(OCC(F)(F)F)nc1)N1CCCC(c2ccccc2OS(=O)(=O)C(F)(F)F)C1.OB(O)c1ccc(F)nc1. The van der Waals surface area contributed by atoms with E-state index in [4.69, 9.17) is 10.0 Å². The van der Waals surface area contributed by atoms with Gasteiger partial charge in [0.1, 0.15) is 5.75 Å². The number of pyridine rings is 4. The summed E-state index contributed by atoms with van der Waals surface area (Å²) < 4.78 is 173. The zero-order chi connectivity index (χ0) is 56.1. The lowest BCUT2D eigenvalue weighted by Crippen LogP contribution is -2.39. The molecule has 2 aliphatic rings. The van der Waals surface area contributed by atoms with E-state index in [-0.39, 0.29) is 52.3 Å². The number of amides is 2. The van der Waals surface area contributed by atoms with Gasteiger partial charge in [-0.2, -0.15) is 56.7 Å². The molecule has 2 atom stereocenters.